The van der Waals surface area contributed by atoms with Crippen LogP contribution in [-0.4, -0.2) is 240 Å². The topological polar surface area (TPSA) is 330 Å². The van der Waals surface area contributed by atoms with Crippen molar-refractivity contribution in [1.29, 1.82) is 0 Å². The van der Waals surface area contributed by atoms with E-state index in [1.54, 1.807) is 36.4 Å². The molecule has 0 unspecified atom stereocenters. The number of carboxylic acid groups (broad SMARTS) is 2. The molecule has 0 bridgehead atoms. The molecular weight excluding hydrogens is 1220 g/mol. The van der Waals surface area contributed by atoms with Gasteiger partial charge in [-0.25, -0.2) is 19.2 Å². The van der Waals surface area contributed by atoms with E-state index in [-0.39, 0.29) is 138 Å². The maximum absolute atomic E-state index is 13.9. The second-order valence-corrected chi connectivity index (χ2v) is 22.8. The maximum atomic E-state index is 13.9. The number of esters is 2. The number of rotatable bonds is 24. The number of benzene rings is 2. The summed E-state index contributed by atoms with van der Waals surface area (Å²) in [5, 5.41) is 25.4. The molecule has 2 saturated heterocycles. The Bertz CT molecular complexity index is 2450. The van der Waals surface area contributed by atoms with Crippen LogP contribution in [0.25, 0.3) is 0 Å². The van der Waals surface area contributed by atoms with E-state index in [0.29, 0.717) is 88.3 Å². The predicted octanol–water partition coefficient (Wildman–Crippen LogP) is 5.27. The number of aliphatic carboxylic acids is 2. The highest BCUT2D eigenvalue weighted by Gasteiger charge is 2.41. The third-order valence-corrected chi connectivity index (χ3v) is 16.7. The first-order valence-electron chi connectivity index (χ1n) is 30.9. The number of carbonyl (C=O) groups is 8. The fourth-order valence-corrected chi connectivity index (χ4v) is 11.9. The number of hydrogen-bond acceptors (Lipinski definition) is 24. The van der Waals surface area contributed by atoms with Gasteiger partial charge in [0.25, 0.3) is 11.8 Å². The lowest BCUT2D eigenvalue weighted by Gasteiger charge is -2.24. The summed E-state index contributed by atoms with van der Waals surface area (Å²) >= 11 is 2.06. The first kappa shape index (κ1) is 73.6. The predicted molar refractivity (Wildman–Crippen MR) is 323 cm³/mol. The summed E-state index contributed by atoms with van der Waals surface area (Å²) in [4.78, 5) is 106. The van der Waals surface area contributed by atoms with Crippen LogP contribution in [0.5, 0.6) is 0 Å². The van der Waals surface area contributed by atoms with Crippen molar-refractivity contribution in [3.05, 3.63) is 68.5 Å². The van der Waals surface area contributed by atoms with E-state index in [2.05, 4.69) is 10.6 Å². The number of Topliss-reactive ketones (excluding diaryl/α,β-unsaturated/α-hetero) is 2. The van der Waals surface area contributed by atoms with Gasteiger partial charge in [0.05, 0.1) is 166 Å². The first-order chi connectivity index (χ1) is 44.0. The molecule has 0 spiro atoms. The van der Waals surface area contributed by atoms with E-state index in [4.69, 9.17) is 66.3 Å². The van der Waals surface area contributed by atoms with Crippen LogP contribution in [0.4, 0.5) is 0 Å². The van der Waals surface area contributed by atoms with Crippen molar-refractivity contribution in [3.63, 3.8) is 0 Å². The number of fused-ring (bicyclic) bond motifs is 2. The Balaban J connectivity index is 0.861. The van der Waals surface area contributed by atoms with Gasteiger partial charge in [-0.1, -0.05) is 87.0 Å². The number of amides is 2. The Hall–Kier alpha value is -5.44. The van der Waals surface area contributed by atoms with E-state index in [9.17, 15) is 48.6 Å². The molecule has 500 valence electrons. The number of unbranched alkanes of at least 4 members (excludes halogenated alkanes) is 10. The fourth-order valence-electron chi connectivity index (χ4n) is 9.43. The Morgan fingerprint density at radius 3 is 0.978 bits per heavy atom. The highest BCUT2D eigenvalue weighted by molar-refractivity contribution is 8.08. The summed E-state index contributed by atoms with van der Waals surface area (Å²) < 4.78 is 77.3. The van der Waals surface area contributed by atoms with Gasteiger partial charge in [-0.05, 0) is 49.9 Å². The van der Waals surface area contributed by atoms with Gasteiger partial charge in [0, 0.05) is 34.0 Å². The molecule has 2 fully saturated rings. The highest BCUT2D eigenvalue weighted by Crippen LogP contribution is 2.51. The van der Waals surface area contributed by atoms with Crippen molar-refractivity contribution in [2.45, 2.75) is 111 Å². The molecule has 0 aromatic heterocycles. The highest BCUT2D eigenvalue weighted by atomic mass is 32.2. The van der Waals surface area contributed by atoms with Crippen LogP contribution in [0.1, 0.15) is 118 Å². The maximum Gasteiger partial charge on any atom is 0.339 e. The van der Waals surface area contributed by atoms with Gasteiger partial charge in [-0.3, -0.25) is 19.2 Å². The zero-order valence-corrected chi connectivity index (χ0v) is 52.6. The number of carbonyl (C=O) groups excluding carboxylic acids is 6. The van der Waals surface area contributed by atoms with Crippen LogP contribution in [0.3, 0.4) is 0 Å². The standard InChI is InChI=1S/C62H86N2O24S2/c65-47-43-15-13-17-45(61(73)87-21-11-7-3-1-5-9-19-63-57(67)49-51(59(69)70)85-41-37-81-33-29-77-25-23-75-27-31-79-35-39-83-49)53(43)89-55(47)56-48(66)44-16-14-18-46(54(44)90-56)62(74)88-22-12-8-4-2-6-10-20-64-58(68)50-52(60(71)72)86-42-38-82-34-30-78-26-24-76-28-32-80-36-40-84-50/h13-18,49-52H,1-12,19-42H2,(H,63,67)(H,64,68)(H,69,70)(H,71,72)/b56-55+/t49-,50-,51-,52-/m1/s1. The van der Waals surface area contributed by atoms with Gasteiger partial charge in [0.1, 0.15) is 0 Å². The summed E-state index contributed by atoms with van der Waals surface area (Å²) in [6.45, 7) is 5.12. The van der Waals surface area contributed by atoms with E-state index in [0.717, 1.165) is 74.9 Å². The molecule has 28 heteroatoms. The second kappa shape index (κ2) is 43.4. The van der Waals surface area contributed by atoms with Crippen LogP contribution in [0.15, 0.2) is 56.0 Å². The number of carboxylic acids is 2. The Kier molecular flexibility index (Phi) is 35.5. The average molecular weight is 1310 g/mol. The van der Waals surface area contributed by atoms with Gasteiger partial charge < -0.3 is 87.2 Å². The van der Waals surface area contributed by atoms with Crippen LogP contribution in [0, 0.1) is 0 Å². The van der Waals surface area contributed by atoms with Crippen LogP contribution < -0.4 is 10.6 Å². The monoisotopic (exact) mass is 1310 g/mol. The largest absolute Gasteiger partial charge is 0.479 e. The minimum absolute atomic E-state index is 0.0422. The molecule has 4 atom stereocenters. The zero-order chi connectivity index (χ0) is 64.0. The van der Waals surface area contributed by atoms with Gasteiger partial charge in [-0.15, -0.1) is 0 Å². The third kappa shape index (κ3) is 25.6. The number of thioether (sulfide) groups is 2. The molecule has 0 radical (unpaired) electrons. The number of ketones is 2. The van der Waals surface area contributed by atoms with Crippen LogP contribution in [-0.2, 0) is 85.5 Å². The van der Waals surface area contributed by atoms with Crippen molar-refractivity contribution < 1.29 is 115 Å². The molecule has 90 heavy (non-hydrogen) atoms. The molecule has 4 aliphatic rings. The molecule has 2 amide bonds. The minimum Gasteiger partial charge on any atom is -0.479 e. The molecule has 0 saturated carbocycles. The minimum atomic E-state index is -1.57. The SMILES string of the molecule is O=C(OCCCCCCCCNC(=O)[C@@H]1OCCOCCOCCOCCOCCO[C@H]1C(=O)O)c1cccc2c1S/C(=C1/Sc3c(C(=O)OCCCCCCCCNC(=O)[C@@H]4OCCOCCOCCOCCOCCO[C@H]4C(=O)O)cccc3C1=O)C2=O. The molecule has 2 aromatic rings. The quantitative estimate of drug-likeness (QED) is 0.0590. The summed E-state index contributed by atoms with van der Waals surface area (Å²) in [5.74, 6) is -5.96. The number of nitrogens with one attached hydrogen (secondary N) is 2. The first-order valence-corrected chi connectivity index (χ1v) is 32.5. The molecule has 4 N–H and O–H groups in total. The zero-order valence-electron chi connectivity index (χ0n) is 50.9. The van der Waals surface area contributed by atoms with E-state index < -0.39 is 71.7 Å². The number of ether oxygens (including phenoxy) is 14. The van der Waals surface area contributed by atoms with Crippen molar-refractivity contribution >= 4 is 70.8 Å². The van der Waals surface area contributed by atoms with Crippen molar-refractivity contribution in [2.24, 2.45) is 0 Å². The molecule has 4 aliphatic heterocycles. The smallest absolute Gasteiger partial charge is 0.339 e. The molecule has 6 rings (SSSR count). The van der Waals surface area contributed by atoms with E-state index >= 15 is 0 Å². The molecule has 4 heterocycles. The Morgan fingerprint density at radius 1 is 0.389 bits per heavy atom. The lowest BCUT2D eigenvalue weighted by Crippen LogP contribution is -2.49. The number of allylic oxidation sites excluding steroid dienone is 2. The third-order valence-electron chi connectivity index (χ3n) is 14.1. The Labute approximate surface area is 532 Å². The molecular formula is C62H86N2O24S2. The van der Waals surface area contributed by atoms with Crippen molar-refractivity contribution in [3.8, 4) is 0 Å². The van der Waals surface area contributed by atoms with E-state index in [1.807, 2.05) is 0 Å². The lowest BCUT2D eigenvalue weighted by molar-refractivity contribution is -0.171. The molecule has 0 aliphatic carbocycles. The summed E-state index contributed by atoms with van der Waals surface area (Å²) in [6, 6.07) is 9.55. The summed E-state index contributed by atoms with van der Waals surface area (Å²) in [7, 11) is 0. The van der Waals surface area contributed by atoms with Gasteiger partial charge in [0.15, 0.2) is 24.4 Å². The van der Waals surface area contributed by atoms with Gasteiger partial charge >= 0.3 is 23.9 Å². The fraction of sp³-hybridized carbons (Fsp3) is 0.645. The van der Waals surface area contributed by atoms with Crippen LogP contribution in [0.2, 0.25) is 0 Å². The van der Waals surface area contributed by atoms with Gasteiger partial charge in [-0.2, -0.15) is 0 Å². The summed E-state index contributed by atoms with van der Waals surface area (Å²) in [6.07, 6.45) is 2.84. The molecule has 2 aromatic carbocycles. The summed E-state index contributed by atoms with van der Waals surface area (Å²) in [5.41, 5.74) is 0.945. The molecule has 26 nitrogen and oxygen atoms in total. The van der Waals surface area contributed by atoms with Crippen molar-refractivity contribution in [2.75, 3.05) is 158 Å². The normalized spacial score (nSPS) is 21.9. The van der Waals surface area contributed by atoms with Crippen molar-refractivity contribution in [1.82, 2.24) is 10.6 Å². The van der Waals surface area contributed by atoms with Crippen LogP contribution >= 0.6 is 23.5 Å². The average Bonchev–Trinajstić information content (AvgIpc) is 1.75. The lowest BCUT2D eigenvalue weighted by atomic mass is 10.0. The van der Waals surface area contributed by atoms with E-state index in [1.165, 1.54) is 0 Å². The Morgan fingerprint density at radius 2 is 0.667 bits per heavy atom. The van der Waals surface area contributed by atoms with Gasteiger partial charge in [0.2, 0.25) is 11.6 Å². The second-order valence-electron chi connectivity index (χ2n) is 20.7. The number of hydrogen-bond donors (Lipinski definition) is 4.